The summed E-state index contributed by atoms with van der Waals surface area (Å²) in [5.41, 5.74) is 2.50. The summed E-state index contributed by atoms with van der Waals surface area (Å²) in [5, 5.41) is 3.66. The van der Waals surface area contributed by atoms with Gasteiger partial charge in [-0.15, -0.1) is 0 Å². The van der Waals surface area contributed by atoms with E-state index >= 15 is 0 Å². The highest BCUT2D eigenvalue weighted by Gasteiger charge is 2.31. The number of hydrogen-bond acceptors (Lipinski definition) is 4. The van der Waals surface area contributed by atoms with Gasteiger partial charge in [0.1, 0.15) is 6.04 Å². The van der Waals surface area contributed by atoms with Crippen LogP contribution in [0.4, 0.5) is 5.69 Å². The van der Waals surface area contributed by atoms with E-state index in [0.717, 1.165) is 23.1 Å². The van der Waals surface area contributed by atoms with E-state index in [9.17, 15) is 13.2 Å². The van der Waals surface area contributed by atoms with Crippen LogP contribution in [0.15, 0.2) is 18.2 Å². The molecule has 27 heavy (non-hydrogen) atoms. The van der Waals surface area contributed by atoms with Crippen LogP contribution in [0.2, 0.25) is 0 Å². The molecule has 1 N–H and O–H groups in total. The van der Waals surface area contributed by atoms with Gasteiger partial charge in [0.05, 0.1) is 11.9 Å². The van der Waals surface area contributed by atoms with E-state index in [1.807, 2.05) is 50.7 Å². The molecule has 0 aliphatic heterocycles. The van der Waals surface area contributed by atoms with Crippen molar-refractivity contribution in [1.82, 2.24) is 5.32 Å². The SMILES string of the molecule is CC[C@@H](C(=O)NCCSC1CCCC1)N(c1cc(C)cc(C)c1)S(C)(=O)=O. The third kappa shape index (κ3) is 6.42. The van der Waals surface area contributed by atoms with Crippen molar-refractivity contribution in [3.63, 3.8) is 0 Å². The van der Waals surface area contributed by atoms with Gasteiger partial charge in [-0.2, -0.15) is 11.8 Å². The van der Waals surface area contributed by atoms with Crippen LogP contribution in [0.5, 0.6) is 0 Å². The molecule has 0 spiro atoms. The fraction of sp³-hybridized carbons (Fsp3) is 0.650. The molecule has 1 aromatic carbocycles. The van der Waals surface area contributed by atoms with E-state index in [0.29, 0.717) is 23.9 Å². The molecule has 1 amide bonds. The summed E-state index contributed by atoms with van der Waals surface area (Å²) in [4.78, 5) is 12.8. The second kappa shape index (κ2) is 9.82. The largest absolute Gasteiger partial charge is 0.353 e. The molecule has 0 heterocycles. The van der Waals surface area contributed by atoms with E-state index in [1.165, 1.54) is 30.0 Å². The Morgan fingerprint density at radius 1 is 1.22 bits per heavy atom. The lowest BCUT2D eigenvalue weighted by Gasteiger charge is -2.30. The maximum atomic E-state index is 12.8. The first-order chi connectivity index (χ1) is 12.7. The molecular weight excluding hydrogens is 380 g/mol. The van der Waals surface area contributed by atoms with Gasteiger partial charge in [-0.1, -0.05) is 25.8 Å². The molecule has 1 atom stereocenters. The average Bonchev–Trinajstić information content (AvgIpc) is 3.07. The molecule has 152 valence electrons. The monoisotopic (exact) mass is 412 g/mol. The standard InChI is InChI=1S/C20H32N2O3S2/c1-5-19(20(23)21-10-11-26-18-8-6-7-9-18)22(27(4,24)25)17-13-15(2)12-16(3)14-17/h12-14,18-19H,5-11H2,1-4H3,(H,21,23)/t19-/m0/s1. The lowest BCUT2D eigenvalue weighted by Crippen LogP contribution is -2.49. The summed E-state index contributed by atoms with van der Waals surface area (Å²) in [6.07, 6.45) is 6.73. The van der Waals surface area contributed by atoms with Crippen molar-refractivity contribution in [2.75, 3.05) is 22.9 Å². The summed E-state index contributed by atoms with van der Waals surface area (Å²) in [5.74, 6) is 0.643. The number of carbonyl (C=O) groups excluding carboxylic acids is 1. The summed E-state index contributed by atoms with van der Waals surface area (Å²) < 4.78 is 26.3. The second-order valence-electron chi connectivity index (χ2n) is 7.40. The molecule has 2 rings (SSSR count). The van der Waals surface area contributed by atoms with Gasteiger partial charge in [0.15, 0.2) is 0 Å². The first-order valence-electron chi connectivity index (χ1n) is 9.69. The van der Waals surface area contributed by atoms with Crippen molar-refractivity contribution in [3.05, 3.63) is 29.3 Å². The second-order valence-corrected chi connectivity index (χ2v) is 10.7. The zero-order chi connectivity index (χ0) is 20.0. The van der Waals surface area contributed by atoms with Crippen LogP contribution >= 0.6 is 11.8 Å². The molecule has 1 aliphatic rings. The molecule has 0 bridgehead atoms. The Bertz CT molecular complexity index is 723. The van der Waals surface area contributed by atoms with Gasteiger partial charge < -0.3 is 5.32 Å². The maximum absolute atomic E-state index is 12.8. The van der Waals surface area contributed by atoms with Crippen molar-refractivity contribution in [2.45, 2.75) is 64.2 Å². The summed E-state index contributed by atoms with van der Waals surface area (Å²) in [6.45, 7) is 6.27. The molecule has 1 fully saturated rings. The number of nitrogens with zero attached hydrogens (tertiary/aromatic N) is 1. The Morgan fingerprint density at radius 3 is 2.33 bits per heavy atom. The summed E-state index contributed by atoms with van der Waals surface area (Å²) >= 11 is 1.91. The quantitative estimate of drug-likeness (QED) is 0.629. The van der Waals surface area contributed by atoms with Crippen LogP contribution in [-0.2, 0) is 14.8 Å². The number of sulfonamides is 1. The van der Waals surface area contributed by atoms with Crippen LogP contribution in [0, 0.1) is 13.8 Å². The normalized spacial score (nSPS) is 16.3. The molecular formula is C20H32N2O3S2. The van der Waals surface area contributed by atoms with E-state index in [-0.39, 0.29) is 5.91 Å². The average molecular weight is 413 g/mol. The van der Waals surface area contributed by atoms with Crippen LogP contribution in [0.25, 0.3) is 0 Å². The zero-order valence-electron chi connectivity index (χ0n) is 16.8. The molecule has 0 aromatic heterocycles. The van der Waals surface area contributed by atoms with Gasteiger partial charge in [0.25, 0.3) is 0 Å². The first-order valence-corrected chi connectivity index (χ1v) is 12.6. The van der Waals surface area contributed by atoms with Crippen molar-refractivity contribution < 1.29 is 13.2 Å². The minimum absolute atomic E-state index is 0.228. The van der Waals surface area contributed by atoms with Gasteiger partial charge in [0, 0.05) is 17.5 Å². The number of aryl methyl sites for hydroxylation is 2. The molecule has 5 nitrogen and oxygen atoms in total. The Morgan fingerprint density at radius 2 is 1.81 bits per heavy atom. The molecule has 1 aromatic rings. The van der Waals surface area contributed by atoms with Crippen LogP contribution in [0.3, 0.4) is 0 Å². The predicted molar refractivity (Wildman–Crippen MR) is 115 cm³/mol. The third-order valence-electron chi connectivity index (χ3n) is 4.85. The lowest BCUT2D eigenvalue weighted by molar-refractivity contribution is -0.122. The smallest absolute Gasteiger partial charge is 0.243 e. The van der Waals surface area contributed by atoms with Gasteiger partial charge in [-0.05, 0) is 56.4 Å². The number of thioether (sulfide) groups is 1. The van der Waals surface area contributed by atoms with Crippen LogP contribution in [0.1, 0.15) is 50.2 Å². The number of anilines is 1. The number of carbonyl (C=O) groups is 1. The first kappa shape index (κ1) is 22.1. The van der Waals surface area contributed by atoms with Gasteiger partial charge in [0.2, 0.25) is 15.9 Å². The number of amides is 1. The third-order valence-corrected chi connectivity index (χ3v) is 7.41. The topological polar surface area (TPSA) is 66.5 Å². The van der Waals surface area contributed by atoms with Crippen LogP contribution in [-0.4, -0.2) is 44.2 Å². The fourth-order valence-electron chi connectivity index (χ4n) is 3.71. The van der Waals surface area contributed by atoms with Crippen molar-refractivity contribution in [2.24, 2.45) is 0 Å². The minimum atomic E-state index is -3.58. The molecule has 1 saturated carbocycles. The lowest BCUT2D eigenvalue weighted by atomic mass is 10.1. The Labute approximate surface area is 168 Å². The maximum Gasteiger partial charge on any atom is 0.243 e. The van der Waals surface area contributed by atoms with Gasteiger partial charge in [-0.25, -0.2) is 8.42 Å². The zero-order valence-corrected chi connectivity index (χ0v) is 18.5. The van der Waals surface area contributed by atoms with E-state index in [1.54, 1.807) is 0 Å². The Kier molecular flexibility index (Phi) is 8.04. The highest BCUT2D eigenvalue weighted by molar-refractivity contribution is 7.99. The van der Waals surface area contributed by atoms with Gasteiger partial charge in [-0.3, -0.25) is 9.10 Å². The fourth-order valence-corrected chi connectivity index (χ4v) is 6.13. The number of benzene rings is 1. The van der Waals surface area contributed by atoms with Crippen LogP contribution < -0.4 is 9.62 Å². The Balaban J connectivity index is 2.08. The molecule has 0 unspecified atom stereocenters. The molecule has 7 heteroatoms. The number of rotatable bonds is 9. The molecule has 1 aliphatic carbocycles. The van der Waals surface area contributed by atoms with Gasteiger partial charge >= 0.3 is 0 Å². The van der Waals surface area contributed by atoms with Crippen molar-refractivity contribution in [3.8, 4) is 0 Å². The Hall–Kier alpha value is -1.21. The molecule has 0 radical (unpaired) electrons. The summed E-state index contributed by atoms with van der Waals surface area (Å²) in [6, 6.07) is 4.89. The molecule has 0 saturated heterocycles. The highest BCUT2D eigenvalue weighted by Crippen LogP contribution is 2.29. The number of nitrogens with one attached hydrogen (secondary N) is 1. The predicted octanol–water partition coefficient (Wildman–Crippen LogP) is 3.64. The highest BCUT2D eigenvalue weighted by atomic mass is 32.2. The minimum Gasteiger partial charge on any atom is -0.353 e. The van der Waals surface area contributed by atoms with E-state index in [4.69, 9.17) is 0 Å². The van der Waals surface area contributed by atoms with Crippen molar-refractivity contribution in [1.29, 1.82) is 0 Å². The van der Waals surface area contributed by atoms with E-state index < -0.39 is 16.1 Å². The number of hydrogen-bond donors (Lipinski definition) is 1. The van der Waals surface area contributed by atoms with E-state index in [2.05, 4.69) is 5.32 Å². The van der Waals surface area contributed by atoms with Crippen molar-refractivity contribution >= 4 is 33.4 Å². The summed E-state index contributed by atoms with van der Waals surface area (Å²) in [7, 11) is -3.58.